The van der Waals surface area contributed by atoms with Crippen molar-refractivity contribution in [3.63, 3.8) is 0 Å². The summed E-state index contributed by atoms with van der Waals surface area (Å²) < 4.78 is 13.2. The van der Waals surface area contributed by atoms with Gasteiger partial charge in [0.2, 0.25) is 5.91 Å². The molecule has 0 unspecified atom stereocenters. The van der Waals surface area contributed by atoms with Crippen LogP contribution in [-0.2, 0) is 4.79 Å². The zero-order chi connectivity index (χ0) is 19.0. The van der Waals surface area contributed by atoms with Crippen LogP contribution in [0.5, 0.6) is 0 Å². The Hall–Kier alpha value is -2.92. The van der Waals surface area contributed by atoms with Gasteiger partial charge in [-0.1, -0.05) is 35.9 Å². The number of rotatable bonds is 5. The van der Waals surface area contributed by atoms with Gasteiger partial charge >= 0.3 is 0 Å². The molecule has 27 heavy (non-hydrogen) atoms. The number of halogens is 2. The van der Waals surface area contributed by atoms with Gasteiger partial charge in [0.1, 0.15) is 5.82 Å². The Morgan fingerprint density at radius 3 is 2.67 bits per heavy atom. The summed E-state index contributed by atoms with van der Waals surface area (Å²) in [6.07, 6.45) is 0.752. The molecule has 0 fully saturated rings. The number of anilines is 2. The molecular formula is C21H16ClFN2O2. The topological polar surface area (TPSA) is 49.4 Å². The fraction of sp³-hybridized carbons (Fsp3) is 0.143. The molecule has 0 radical (unpaired) electrons. The van der Waals surface area contributed by atoms with E-state index >= 15 is 0 Å². The lowest BCUT2D eigenvalue weighted by Crippen LogP contribution is -2.28. The Bertz CT molecular complexity index is 1060. The SMILES string of the molecule is O=C(CCCN1C(=O)c2cccc3cccc1c23)Nc1ccc(F)c(Cl)c1. The molecule has 6 heteroatoms. The van der Waals surface area contributed by atoms with E-state index in [1.165, 1.54) is 18.2 Å². The lowest BCUT2D eigenvalue weighted by molar-refractivity contribution is -0.116. The molecule has 136 valence electrons. The van der Waals surface area contributed by atoms with Gasteiger partial charge in [-0.05, 0) is 42.1 Å². The van der Waals surface area contributed by atoms with Crippen LogP contribution in [0.4, 0.5) is 15.8 Å². The minimum Gasteiger partial charge on any atom is -0.326 e. The maximum atomic E-state index is 13.2. The van der Waals surface area contributed by atoms with Gasteiger partial charge in [0.05, 0.1) is 10.7 Å². The van der Waals surface area contributed by atoms with Crippen LogP contribution in [0.1, 0.15) is 23.2 Å². The van der Waals surface area contributed by atoms with Crippen molar-refractivity contribution in [2.45, 2.75) is 12.8 Å². The van der Waals surface area contributed by atoms with Gasteiger partial charge in [-0.15, -0.1) is 0 Å². The first-order chi connectivity index (χ1) is 13.0. The first-order valence-electron chi connectivity index (χ1n) is 8.63. The monoisotopic (exact) mass is 382 g/mol. The van der Waals surface area contributed by atoms with Gasteiger partial charge < -0.3 is 10.2 Å². The highest BCUT2D eigenvalue weighted by molar-refractivity contribution is 6.31. The fourth-order valence-electron chi connectivity index (χ4n) is 3.40. The van der Waals surface area contributed by atoms with E-state index in [4.69, 9.17) is 11.6 Å². The molecule has 0 spiro atoms. The molecule has 0 aliphatic carbocycles. The lowest BCUT2D eigenvalue weighted by Gasteiger charge is -2.17. The van der Waals surface area contributed by atoms with E-state index < -0.39 is 5.82 Å². The molecule has 0 aromatic heterocycles. The summed E-state index contributed by atoms with van der Waals surface area (Å²) in [5.41, 5.74) is 2.04. The molecule has 0 saturated carbocycles. The summed E-state index contributed by atoms with van der Waals surface area (Å²) in [6, 6.07) is 15.6. The number of amides is 2. The Labute approximate surface area is 160 Å². The minimum atomic E-state index is -0.532. The van der Waals surface area contributed by atoms with E-state index in [0.717, 1.165) is 16.5 Å². The second-order valence-corrected chi connectivity index (χ2v) is 6.83. The quantitative estimate of drug-likeness (QED) is 0.674. The molecule has 1 aliphatic rings. The van der Waals surface area contributed by atoms with E-state index in [9.17, 15) is 14.0 Å². The summed E-state index contributed by atoms with van der Waals surface area (Å²) in [6.45, 7) is 0.449. The number of carbonyl (C=O) groups excluding carboxylic acids is 2. The van der Waals surface area contributed by atoms with E-state index in [-0.39, 0.29) is 23.3 Å². The zero-order valence-corrected chi connectivity index (χ0v) is 15.1. The van der Waals surface area contributed by atoms with Crippen molar-refractivity contribution in [3.05, 3.63) is 71.0 Å². The summed E-state index contributed by atoms with van der Waals surface area (Å²) in [5.74, 6) is -0.775. The van der Waals surface area contributed by atoms with Crippen molar-refractivity contribution in [2.24, 2.45) is 0 Å². The van der Waals surface area contributed by atoms with E-state index in [2.05, 4.69) is 5.32 Å². The molecule has 4 nitrogen and oxygen atoms in total. The number of hydrogen-bond acceptors (Lipinski definition) is 2. The Morgan fingerprint density at radius 2 is 1.89 bits per heavy atom. The van der Waals surface area contributed by atoms with Crippen molar-refractivity contribution >= 4 is 45.6 Å². The first kappa shape index (κ1) is 17.5. The summed E-state index contributed by atoms with van der Waals surface area (Å²) >= 11 is 5.72. The average Bonchev–Trinajstić information content (AvgIpc) is 2.93. The van der Waals surface area contributed by atoms with Crippen molar-refractivity contribution in [2.75, 3.05) is 16.8 Å². The molecule has 2 amide bonds. The fourth-order valence-corrected chi connectivity index (χ4v) is 3.58. The molecule has 4 rings (SSSR count). The Kier molecular flexibility index (Phi) is 4.54. The second kappa shape index (κ2) is 7.00. The predicted molar refractivity (Wildman–Crippen MR) is 105 cm³/mol. The van der Waals surface area contributed by atoms with Crippen LogP contribution in [0.25, 0.3) is 10.8 Å². The lowest BCUT2D eigenvalue weighted by atomic mass is 10.1. The molecule has 1 heterocycles. The number of nitrogens with zero attached hydrogens (tertiary/aromatic N) is 1. The molecule has 0 atom stereocenters. The van der Waals surface area contributed by atoms with Crippen LogP contribution in [0, 0.1) is 5.82 Å². The van der Waals surface area contributed by atoms with Gasteiger partial charge in [-0.25, -0.2) is 4.39 Å². The predicted octanol–water partition coefficient (Wildman–Crippen LogP) is 5.01. The third-order valence-corrected chi connectivity index (χ3v) is 4.93. The first-order valence-corrected chi connectivity index (χ1v) is 9.01. The summed E-state index contributed by atoms with van der Waals surface area (Å²) in [4.78, 5) is 26.5. The largest absolute Gasteiger partial charge is 0.326 e. The highest BCUT2D eigenvalue weighted by Crippen LogP contribution is 2.37. The van der Waals surface area contributed by atoms with Gasteiger partial charge in [-0.2, -0.15) is 0 Å². The number of nitrogens with one attached hydrogen (secondary N) is 1. The van der Waals surface area contributed by atoms with Crippen LogP contribution >= 0.6 is 11.6 Å². The maximum Gasteiger partial charge on any atom is 0.258 e. The van der Waals surface area contributed by atoms with Crippen LogP contribution in [0.3, 0.4) is 0 Å². The third kappa shape index (κ3) is 3.26. The normalized spacial score (nSPS) is 12.7. The molecule has 3 aromatic carbocycles. The van der Waals surface area contributed by atoms with Gasteiger partial charge in [0.25, 0.3) is 5.91 Å². The summed E-state index contributed by atoms with van der Waals surface area (Å²) in [5, 5.41) is 4.65. The van der Waals surface area contributed by atoms with Crippen molar-refractivity contribution in [1.29, 1.82) is 0 Å². The third-order valence-electron chi connectivity index (χ3n) is 4.64. The smallest absolute Gasteiger partial charge is 0.258 e. The van der Waals surface area contributed by atoms with Gasteiger partial charge in [-0.3, -0.25) is 9.59 Å². The molecule has 1 N–H and O–H groups in total. The minimum absolute atomic E-state index is 0.0347. The number of hydrogen-bond donors (Lipinski definition) is 1. The van der Waals surface area contributed by atoms with Crippen molar-refractivity contribution < 1.29 is 14.0 Å². The standard InChI is InChI=1S/C21H16ClFN2O2/c22-16-12-14(9-10-17(16)23)24-19(26)8-3-11-25-18-7-2-5-13-4-1-6-15(20(13)18)21(25)27/h1-2,4-7,9-10,12H,3,8,11H2,(H,24,26). The van der Waals surface area contributed by atoms with Gasteiger partial charge in [0, 0.05) is 29.6 Å². The molecular weight excluding hydrogens is 367 g/mol. The Balaban J connectivity index is 1.40. The zero-order valence-electron chi connectivity index (χ0n) is 14.3. The van der Waals surface area contributed by atoms with Crippen LogP contribution in [0.15, 0.2) is 54.6 Å². The molecule has 3 aromatic rings. The summed E-state index contributed by atoms with van der Waals surface area (Å²) in [7, 11) is 0. The van der Waals surface area contributed by atoms with Crippen molar-refractivity contribution in [1.82, 2.24) is 0 Å². The van der Waals surface area contributed by atoms with Crippen LogP contribution < -0.4 is 10.2 Å². The Morgan fingerprint density at radius 1 is 1.11 bits per heavy atom. The van der Waals surface area contributed by atoms with Crippen LogP contribution in [-0.4, -0.2) is 18.4 Å². The van der Waals surface area contributed by atoms with Gasteiger partial charge in [0.15, 0.2) is 0 Å². The molecule has 0 bridgehead atoms. The van der Waals surface area contributed by atoms with Crippen LogP contribution in [0.2, 0.25) is 5.02 Å². The highest BCUT2D eigenvalue weighted by atomic mass is 35.5. The number of benzene rings is 3. The van der Waals surface area contributed by atoms with E-state index in [1.54, 1.807) is 4.90 Å². The van der Waals surface area contributed by atoms with E-state index in [0.29, 0.717) is 24.2 Å². The maximum absolute atomic E-state index is 13.2. The second-order valence-electron chi connectivity index (χ2n) is 6.42. The van der Waals surface area contributed by atoms with E-state index in [1.807, 2.05) is 36.4 Å². The average molecular weight is 383 g/mol. The number of carbonyl (C=O) groups is 2. The van der Waals surface area contributed by atoms with Crippen molar-refractivity contribution in [3.8, 4) is 0 Å². The molecule has 1 aliphatic heterocycles. The highest BCUT2D eigenvalue weighted by Gasteiger charge is 2.28. The molecule has 0 saturated heterocycles.